The topological polar surface area (TPSA) is 139 Å². The largest absolute Gasteiger partial charge is 0.443 e. The van der Waals surface area contributed by atoms with Gasteiger partial charge < -0.3 is 33.7 Å². The summed E-state index contributed by atoms with van der Waals surface area (Å²) < 4.78 is 61.5. The van der Waals surface area contributed by atoms with Crippen molar-refractivity contribution in [2.75, 3.05) is 78.4 Å². The first kappa shape index (κ1) is 32.2. The number of benzene rings is 1. The first-order valence-electron chi connectivity index (χ1n) is 11.9. The fraction of sp³-hybridized carbons (Fsp3) is 0.708. The number of aryl methyl sites for hydroxylation is 1. The number of amides is 1. The van der Waals surface area contributed by atoms with E-state index in [1.807, 2.05) is 45.0 Å². The Morgan fingerprint density at radius 2 is 1.31 bits per heavy atom. The summed E-state index contributed by atoms with van der Waals surface area (Å²) in [5.74, 6) is -0.430. The molecule has 11 nitrogen and oxygen atoms in total. The van der Waals surface area contributed by atoms with Gasteiger partial charge in [0.05, 0.1) is 71.8 Å². The summed E-state index contributed by atoms with van der Waals surface area (Å²) in [5, 5.41) is 2.69. The highest BCUT2D eigenvalue weighted by Crippen LogP contribution is 2.19. The van der Waals surface area contributed by atoms with E-state index in [9.17, 15) is 13.2 Å². The van der Waals surface area contributed by atoms with E-state index in [1.54, 1.807) is 0 Å². The minimum atomic E-state index is -3.99. The summed E-state index contributed by atoms with van der Waals surface area (Å²) in [5.41, 5.74) is 1.69. The lowest BCUT2D eigenvalue weighted by molar-refractivity contribution is -0.0101. The Labute approximate surface area is 214 Å². The van der Waals surface area contributed by atoms with Crippen molar-refractivity contribution in [2.24, 2.45) is 0 Å². The maximum atomic E-state index is 12.1. The van der Waals surface area contributed by atoms with Crippen LogP contribution in [0, 0.1) is 6.92 Å². The van der Waals surface area contributed by atoms with E-state index in [1.165, 1.54) is 5.56 Å². The van der Waals surface area contributed by atoms with Crippen LogP contribution in [0.25, 0.3) is 0 Å². The summed E-state index contributed by atoms with van der Waals surface area (Å²) in [6, 6.07) is 8.04. The molecule has 0 aliphatic heterocycles. The van der Waals surface area contributed by atoms with Crippen LogP contribution in [0.2, 0.25) is 0 Å². The third-order valence-corrected chi connectivity index (χ3v) is 5.42. The number of rotatable bonds is 21. The van der Waals surface area contributed by atoms with Crippen molar-refractivity contribution in [1.82, 2.24) is 5.32 Å². The molecule has 0 bridgehead atoms. The SMILES string of the molecule is Cc1ccccc1CC(C)(C)OC(=O)NCCOCCOCCOCCOCCOCCS(=O)(=O)O. The molecule has 1 aromatic carbocycles. The summed E-state index contributed by atoms with van der Waals surface area (Å²) in [6.45, 7) is 9.40. The zero-order chi connectivity index (χ0) is 26.7. The molecule has 0 aliphatic carbocycles. The van der Waals surface area contributed by atoms with E-state index >= 15 is 0 Å². The predicted molar refractivity (Wildman–Crippen MR) is 134 cm³/mol. The smallest absolute Gasteiger partial charge is 0.407 e. The Morgan fingerprint density at radius 3 is 1.81 bits per heavy atom. The normalized spacial score (nSPS) is 12.0. The van der Waals surface area contributed by atoms with Crippen LogP contribution in [0.3, 0.4) is 0 Å². The van der Waals surface area contributed by atoms with Crippen LogP contribution in [0.5, 0.6) is 0 Å². The Morgan fingerprint density at radius 1 is 0.833 bits per heavy atom. The third-order valence-electron chi connectivity index (χ3n) is 4.74. The highest BCUT2D eigenvalue weighted by molar-refractivity contribution is 7.85. The number of ether oxygens (including phenoxy) is 6. The van der Waals surface area contributed by atoms with Gasteiger partial charge in [-0.25, -0.2) is 4.79 Å². The highest BCUT2D eigenvalue weighted by Gasteiger charge is 2.24. The van der Waals surface area contributed by atoms with Crippen molar-refractivity contribution in [3.63, 3.8) is 0 Å². The average Bonchev–Trinajstić information content (AvgIpc) is 2.78. The van der Waals surface area contributed by atoms with Gasteiger partial charge >= 0.3 is 6.09 Å². The van der Waals surface area contributed by atoms with Crippen molar-refractivity contribution < 1.29 is 46.2 Å². The summed E-state index contributed by atoms with van der Waals surface area (Å²) in [6.07, 6.45) is 0.161. The van der Waals surface area contributed by atoms with E-state index < -0.39 is 27.6 Å². The number of carbonyl (C=O) groups excluding carboxylic acids is 1. The molecule has 0 saturated heterocycles. The van der Waals surface area contributed by atoms with Crippen LogP contribution in [0.1, 0.15) is 25.0 Å². The number of hydrogen-bond donors (Lipinski definition) is 2. The van der Waals surface area contributed by atoms with Crippen molar-refractivity contribution in [2.45, 2.75) is 32.8 Å². The summed E-state index contributed by atoms with van der Waals surface area (Å²) in [4.78, 5) is 12.1. The molecule has 1 amide bonds. The summed E-state index contributed by atoms with van der Waals surface area (Å²) in [7, 11) is -3.99. The molecule has 0 atom stereocenters. The van der Waals surface area contributed by atoms with Gasteiger partial charge in [0.2, 0.25) is 0 Å². The maximum absolute atomic E-state index is 12.1. The molecule has 0 radical (unpaired) electrons. The minimum absolute atomic E-state index is 0.0733. The number of carbonyl (C=O) groups is 1. The average molecular weight is 536 g/mol. The fourth-order valence-electron chi connectivity index (χ4n) is 2.96. The van der Waals surface area contributed by atoms with Crippen molar-refractivity contribution >= 4 is 16.2 Å². The van der Waals surface area contributed by atoms with Crippen LogP contribution in [0.15, 0.2) is 24.3 Å². The van der Waals surface area contributed by atoms with Gasteiger partial charge in [0.25, 0.3) is 10.1 Å². The van der Waals surface area contributed by atoms with E-state index in [-0.39, 0.29) is 13.2 Å². The first-order chi connectivity index (χ1) is 17.1. The number of nitrogens with one attached hydrogen (secondary N) is 1. The Hall–Kier alpha value is -1.80. The lowest BCUT2D eigenvalue weighted by atomic mass is 9.95. The second-order valence-electron chi connectivity index (χ2n) is 8.53. The summed E-state index contributed by atoms with van der Waals surface area (Å²) >= 11 is 0. The molecule has 1 aromatic rings. The molecule has 0 aromatic heterocycles. The molecule has 0 heterocycles. The van der Waals surface area contributed by atoms with E-state index in [2.05, 4.69) is 5.32 Å². The van der Waals surface area contributed by atoms with Gasteiger partial charge in [-0.1, -0.05) is 24.3 Å². The Bertz CT molecular complexity index is 832. The lowest BCUT2D eigenvalue weighted by Gasteiger charge is -2.26. The molecule has 0 saturated carbocycles. The number of hydrogen-bond acceptors (Lipinski definition) is 9. The van der Waals surface area contributed by atoms with Crippen molar-refractivity contribution in [3.05, 3.63) is 35.4 Å². The molecule has 12 heteroatoms. The van der Waals surface area contributed by atoms with Crippen LogP contribution in [0.4, 0.5) is 4.79 Å². The molecule has 0 fully saturated rings. The third kappa shape index (κ3) is 18.5. The van der Waals surface area contributed by atoms with Crippen LogP contribution < -0.4 is 5.32 Å². The van der Waals surface area contributed by atoms with Gasteiger partial charge in [0.1, 0.15) is 5.60 Å². The van der Waals surface area contributed by atoms with Gasteiger partial charge in [-0.15, -0.1) is 0 Å². The molecule has 1 rings (SSSR count). The van der Waals surface area contributed by atoms with E-state index in [0.29, 0.717) is 65.8 Å². The molecule has 2 N–H and O–H groups in total. The Balaban J connectivity index is 1.87. The first-order valence-corrected chi connectivity index (χ1v) is 13.6. The van der Waals surface area contributed by atoms with Crippen LogP contribution >= 0.6 is 0 Å². The molecule has 208 valence electrons. The maximum Gasteiger partial charge on any atom is 0.407 e. The molecule has 36 heavy (non-hydrogen) atoms. The lowest BCUT2D eigenvalue weighted by Crippen LogP contribution is -2.37. The second-order valence-corrected chi connectivity index (χ2v) is 10.1. The molecule has 0 unspecified atom stereocenters. The van der Waals surface area contributed by atoms with Crippen LogP contribution in [-0.2, 0) is 45.0 Å². The van der Waals surface area contributed by atoms with Crippen molar-refractivity contribution in [1.29, 1.82) is 0 Å². The van der Waals surface area contributed by atoms with Gasteiger partial charge in [0, 0.05) is 13.0 Å². The van der Waals surface area contributed by atoms with Crippen LogP contribution in [-0.4, -0.2) is 103 Å². The molecular formula is C24H41NO10S. The molecule has 0 spiro atoms. The van der Waals surface area contributed by atoms with Gasteiger partial charge in [-0.3, -0.25) is 4.55 Å². The van der Waals surface area contributed by atoms with Gasteiger partial charge in [-0.2, -0.15) is 8.42 Å². The zero-order valence-electron chi connectivity index (χ0n) is 21.5. The zero-order valence-corrected chi connectivity index (χ0v) is 22.3. The van der Waals surface area contributed by atoms with Gasteiger partial charge in [0.15, 0.2) is 0 Å². The fourth-order valence-corrected chi connectivity index (χ4v) is 3.29. The van der Waals surface area contributed by atoms with E-state index in [4.69, 9.17) is 33.0 Å². The predicted octanol–water partition coefficient (Wildman–Crippen LogP) is 2.01. The quantitative estimate of drug-likeness (QED) is 0.177. The monoisotopic (exact) mass is 535 g/mol. The second kappa shape index (κ2) is 18.4. The standard InChI is InChI=1S/C24H41NO10S/c1-21-6-4-5-7-22(21)20-24(2,3)35-23(26)25-8-9-30-10-11-31-12-13-32-14-15-33-16-17-34-18-19-36(27,28)29/h4-7H,8-20H2,1-3H3,(H,25,26)(H,27,28,29). The Kier molecular flexibility index (Phi) is 16.5. The highest BCUT2D eigenvalue weighted by atomic mass is 32.2. The van der Waals surface area contributed by atoms with Gasteiger partial charge in [-0.05, 0) is 31.9 Å². The van der Waals surface area contributed by atoms with E-state index in [0.717, 1.165) is 5.56 Å². The minimum Gasteiger partial charge on any atom is -0.443 e. The number of alkyl carbamates (subject to hydrolysis) is 1. The molecule has 0 aliphatic rings. The van der Waals surface area contributed by atoms with Crippen molar-refractivity contribution in [3.8, 4) is 0 Å². The molecular weight excluding hydrogens is 494 g/mol.